The first-order valence-corrected chi connectivity index (χ1v) is 8.35. The third kappa shape index (κ3) is 3.70. The Balaban J connectivity index is 1.90. The molecule has 1 aromatic heterocycles. The lowest BCUT2D eigenvalue weighted by Crippen LogP contribution is -2.31. The van der Waals surface area contributed by atoms with Crippen molar-refractivity contribution in [2.45, 2.75) is 38.5 Å². The fourth-order valence-electron chi connectivity index (χ4n) is 2.86. The Morgan fingerprint density at radius 1 is 1.46 bits per heavy atom. The fraction of sp³-hybridized carbons (Fsp3) is 0.389. The number of carbonyl (C=O) groups excluding carboxylic acids is 2. The summed E-state index contributed by atoms with van der Waals surface area (Å²) >= 11 is 0. The second kappa shape index (κ2) is 7.17. The van der Waals surface area contributed by atoms with Gasteiger partial charge in [0.1, 0.15) is 18.5 Å². The zero-order valence-electron chi connectivity index (χ0n) is 14.6. The first-order valence-electron chi connectivity index (χ1n) is 8.35. The molecule has 26 heavy (non-hydrogen) atoms. The number of benzene rings is 1. The number of ether oxygens (including phenoxy) is 2. The topological polar surface area (TPSA) is 124 Å². The quantitative estimate of drug-likeness (QED) is 0.699. The molecule has 1 aromatic carbocycles. The van der Waals surface area contributed by atoms with Gasteiger partial charge in [-0.25, -0.2) is 4.98 Å². The normalized spacial score (nSPS) is 19.6. The Bertz CT molecular complexity index is 852. The van der Waals surface area contributed by atoms with Crippen molar-refractivity contribution < 1.29 is 24.2 Å². The largest absolute Gasteiger partial charge is 0.490 e. The average Bonchev–Trinajstić information content (AvgIpc) is 2.89. The maximum absolute atomic E-state index is 11.7. The van der Waals surface area contributed by atoms with E-state index in [2.05, 4.69) is 10.3 Å². The molecule has 0 radical (unpaired) electrons. The molecule has 8 nitrogen and oxygen atoms in total. The van der Waals surface area contributed by atoms with Crippen LogP contribution in [0, 0.1) is 0 Å². The summed E-state index contributed by atoms with van der Waals surface area (Å²) in [5.41, 5.74) is 5.74. The van der Waals surface area contributed by atoms with E-state index in [1.165, 1.54) is 0 Å². The molecule has 0 spiro atoms. The molecule has 1 aliphatic heterocycles. The lowest BCUT2D eigenvalue weighted by Gasteiger charge is -2.16. The van der Waals surface area contributed by atoms with E-state index in [1.807, 2.05) is 13.8 Å². The van der Waals surface area contributed by atoms with Gasteiger partial charge >= 0.3 is 0 Å². The number of primary amides is 1. The Kier molecular flexibility index (Phi) is 4.94. The molecule has 1 aliphatic rings. The number of fused-ring (bicyclic) bond motifs is 1. The summed E-state index contributed by atoms with van der Waals surface area (Å²) < 4.78 is 11.5. The smallest absolute Gasteiger partial charge is 0.252 e. The van der Waals surface area contributed by atoms with E-state index in [0.717, 1.165) is 5.39 Å². The van der Waals surface area contributed by atoms with Crippen LogP contribution in [0.2, 0.25) is 0 Å². The van der Waals surface area contributed by atoms with Crippen molar-refractivity contribution in [3.05, 3.63) is 30.0 Å². The summed E-state index contributed by atoms with van der Waals surface area (Å²) in [6.45, 7) is 3.88. The number of hydrogen-bond donors (Lipinski definition) is 3. The molecule has 0 aliphatic carbocycles. The molecule has 2 atom stereocenters. The van der Waals surface area contributed by atoms with Crippen LogP contribution < -0.4 is 20.5 Å². The molecule has 1 unspecified atom stereocenters. The van der Waals surface area contributed by atoms with Crippen LogP contribution in [0.3, 0.4) is 0 Å². The second-order valence-corrected chi connectivity index (χ2v) is 6.48. The van der Waals surface area contributed by atoms with E-state index in [4.69, 9.17) is 15.2 Å². The van der Waals surface area contributed by atoms with Gasteiger partial charge in [0.2, 0.25) is 11.8 Å². The van der Waals surface area contributed by atoms with E-state index >= 15 is 0 Å². The number of carbonyl (C=O) groups is 2. The average molecular weight is 359 g/mol. The number of aliphatic hydroxyl groups excluding tert-OH is 1. The second-order valence-electron chi connectivity index (χ2n) is 6.48. The van der Waals surface area contributed by atoms with E-state index in [0.29, 0.717) is 17.0 Å². The number of aromatic nitrogens is 1. The summed E-state index contributed by atoms with van der Waals surface area (Å²) in [6.07, 6.45) is 0.708. The Hall–Kier alpha value is -2.87. The molecule has 2 amide bonds. The third-order valence-electron chi connectivity index (χ3n) is 4.03. The minimum absolute atomic E-state index is 0.137. The Labute approximate surface area is 150 Å². The van der Waals surface area contributed by atoms with Crippen molar-refractivity contribution in [1.82, 2.24) is 10.3 Å². The number of rotatable bonds is 6. The molecule has 4 N–H and O–H groups in total. The van der Waals surface area contributed by atoms with Crippen molar-refractivity contribution in [1.29, 1.82) is 0 Å². The van der Waals surface area contributed by atoms with Crippen LogP contribution in [0.25, 0.3) is 10.8 Å². The van der Waals surface area contributed by atoms with E-state index < -0.39 is 17.9 Å². The molecule has 2 aromatic rings. The van der Waals surface area contributed by atoms with Crippen molar-refractivity contribution in [2.24, 2.45) is 5.73 Å². The van der Waals surface area contributed by atoms with Crippen molar-refractivity contribution in [2.75, 3.05) is 6.61 Å². The van der Waals surface area contributed by atoms with Crippen molar-refractivity contribution >= 4 is 22.6 Å². The SMILES string of the molecule is CC(C)Oc1cc2c(OCC3C[C@@H](O)C(=O)N3)nccc2cc1C(N)=O. The third-order valence-corrected chi connectivity index (χ3v) is 4.03. The van der Waals surface area contributed by atoms with Gasteiger partial charge in [-0.15, -0.1) is 0 Å². The number of nitrogens with zero attached hydrogens (tertiary/aromatic N) is 1. The van der Waals surface area contributed by atoms with Gasteiger partial charge in [0.05, 0.1) is 17.7 Å². The first kappa shape index (κ1) is 17.9. The summed E-state index contributed by atoms with van der Waals surface area (Å²) in [4.78, 5) is 27.3. The molecule has 2 heterocycles. The van der Waals surface area contributed by atoms with Gasteiger partial charge in [-0.05, 0) is 37.4 Å². The summed E-state index contributed by atoms with van der Waals surface area (Å²) in [7, 11) is 0. The van der Waals surface area contributed by atoms with Gasteiger partial charge in [0, 0.05) is 18.0 Å². The number of nitrogens with one attached hydrogen (secondary N) is 1. The van der Waals surface area contributed by atoms with Crippen LogP contribution in [-0.2, 0) is 4.79 Å². The number of amides is 2. The lowest BCUT2D eigenvalue weighted by molar-refractivity contribution is -0.126. The van der Waals surface area contributed by atoms with Gasteiger partial charge in [-0.2, -0.15) is 0 Å². The van der Waals surface area contributed by atoms with Gasteiger partial charge in [-0.1, -0.05) is 0 Å². The van der Waals surface area contributed by atoms with Crippen molar-refractivity contribution in [3.8, 4) is 11.6 Å². The van der Waals surface area contributed by atoms with Gasteiger partial charge in [-0.3, -0.25) is 9.59 Å². The van der Waals surface area contributed by atoms with E-state index in [1.54, 1.807) is 24.4 Å². The van der Waals surface area contributed by atoms with E-state index in [9.17, 15) is 14.7 Å². The maximum atomic E-state index is 11.7. The highest BCUT2D eigenvalue weighted by molar-refractivity contribution is 6.01. The standard InChI is InChI=1S/C18H21N3O5/c1-9(2)26-15-7-12-10(5-13(15)16(19)23)3-4-20-18(12)25-8-11-6-14(22)17(24)21-11/h3-5,7,9,11,14,22H,6,8H2,1-2H3,(H2,19,23)(H,21,24)/t11?,14-/m1/s1. The number of aliphatic hydroxyl groups is 1. The van der Waals surface area contributed by atoms with Gasteiger partial charge < -0.3 is 25.6 Å². The monoisotopic (exact) mass is 359 g/mol. The summed E-state index contributed by atoms with van der Waals surface area (Å²) in [6, 6.07) is 4.78. The molecule has 1 fully saturated rings. The minimum atomic E-state index is -1.01. The Morgan fingerprint density at radius 3 is 2.85 bits per heavy atom. The van der Waals surface area contributed by atoms with Crippen LogP contribution in [0.1, 0.15) is 30.6 Å². The highest BCUT2D eigenvalue weighted by Crippen LogP contribution is 2.31. The fourth-order valence-corrected chi connectivity index (χ4v) is 2.86. The lowest BCUT2D eigenvalue weighted by atomic mass is 10.1. The minimum Gasteiger partial charge on any atom is -0.490 e. The molecular weight excluding hydrogens is 338 g/mol. The maximum Gasteiger partial charge on any atom is 0.252 e. The van der Waals surface area contributed by atoms with Gasteiger partial charge in [0.25, 0.3) is 5.91 Å². The zero-order chi connectivity index (χ0) is 18.8. The van der Waals surface area contributed by atoms with Crippen LogP contribution >= 0.6 is 0 Å². The van der Waals surface area contributed by atoms with Crippen LogP contribution in [-0.4, -0.2) is 46.8 Å². The predicted octanol–water partition coefficient (Wildman–Crippen LogP) is 0.749. The molecule has 8 heteroatoms. The number of pyridine rings is 1. The van der Waals surface area contributed by atoms with Crippen LogP contribution in [0.4, 0.5) is 0 Å². The molecule has 1 saturated heterocycles. The molecule has 0 saturated carbocycles. The summed E-state index contributed by atoms with van der Waals surface area (Å²) in [5.74, 6) is -0.266. The highest BCUT2D eigenvalue weighted by atomic mass is 16.5. The molecule has 138 valence electrons. The molecule has 3 rings (SSSR count). The highest BCUT2D eigenvalue weighted by Gasteiger charge is 2.30. The van der Waals surface area contributed by atoms with Crippen molar-refractivity contribution in [3.63, 3.8) is 0 Å². The Morgan fingerprint density at radius 2 is 2.23 bits per heavy atom. The molecular formula is C18H21N3O5. The predicted molar refractivity (Wildman–Crippen MR) is 94.1 cm³/mol. The summed E-state index contributed by atoms with van der Waals surface area (Å²) in [5, 5.41) is 13.5. The zero-order valence-corrected chi connectivity index (χ0v) is 14.6. The van der Waals surface area contributed by atoms with E-state index in [-0.39, 0.29) is 30.7 Å². The molecule has 0 bridgehead atoms. The first-order chi connectivity index (χ1) is 12.3. The van der Waals surface area contributed by atoms with Crippen LogP contribution in [0.5, 0.6) is 11.6 Å². The number of nitrogens with two attached hydrogens (primary N) is 1. The number of hydrogen-bond acceptors (Lipinski definition) is 6. The van der Waals surface area contributed by atoms with Crippen LogP contribution in [0.15, 0.2) is 24.4 Å². The van der Waals surface area contributed by atoms with Gasteiger partial charge in [0.15, 0.2) is 0 Å².